The predicted octanol–water partition coefficient (Wildman–Crippen LogP) is 3.17. The van der Waals surface area contributed by atoms with Gasteiger partial charge in [0.1, 0.15) is 5.76 Å². The Labute approximate surface area is 146 Å². The van der Waals surface area contributed by atoms with Gasteiger partial charge in [-0.25, -0.2) is 4.79 Å². The van der Waals surface area contributed by atoms with E-state index in [0.29, 0.717) is 18.8 Å². The number of benzene rings is 1. The monoisotopic (exact) mass is 342 g/mol. The smallest absolute Gasteiger partial charge is 0.325 e. The van der Waals surface area contributed by atoms with Gasteiger partial charge < -0.3 is 14.6 Å². The molecular weight excluding hydrogens is 320 g/mol. The zero-order valence-corrected chi connectivity index (χ0v) is 14.4. The Bertz CT molecular complexity index is 737. The van der Waals surface area contributed by atoms with Gasteiger partial charge in [0, 0.05) is 18.8 Å². The summed E-state index contributed by atoms with van der Waals surface area (Å²) in [6, 6.07) is 9.23. The summed E-state index contributed by atoms with van der Waals surface area (Å²) >= 11 is 0. The topological polar surface area (TPSA) is 87.5 Å². The molecule has 7 nitrogen and oxygen atoms in total. The number of aromatic nitrogens is 1. The van der Waals surface area contributed by atoms with E-state index in [0.717, 1.165) is 24.2 Å². The molecule has 1 aliphatic heterocycles. The fraction of sp³-hybridized carbons (Fsp3) is 0.389. The molecule has 132 valence electrons. The van der Waals surface area contributed by atoms with E-state index in [1.807, 2.05) is 37.3 Å². The molecule has 25 heavy (non-hydrogen) atoms. The summed E-state index contributed by atoms with van der Waals surface area (Å²) in [4.78, 5) is 30.6. The lowest BCUT2D eigenvalue weighted by atomic mass is 9.97. The first-order valence-corrected chi connectivity index (χ1v) is 8.39. The summed E-state index contributed by atoms with van der Waals surface area (Å²) in [6.45, 7) is 4.60. The van der Waals surface area contributed by atoms with E-state index in [2.05, 4.69) is 15.6 Å². The molecule has 1 saturated heterocycles. The van der Waals surface area contributed by atoms with E-state index in [9.17, 15) is 9.59 Å². The zero-order chi connectivity index (χ0) is 17.8. The van der Waals surface area contributed by atoms with E-state index in [1.54, 1.807) is 11.8 Å². The summed E-state index contributed by atoms with van der Waals surface area (Å²) in [5.74, 6) is 0.383. The van der Waals surface area contributed by atoms with Crippen LogP contribution in [-0.2, 0) is 4.79 Å². The van der Waals surface area contributed by atoms with E-state index in [-0.39, 0.29) is 23.9 Å². The van der Waals surface area contributed by atoms with Gasteiger partial charge in [-0.2, -0.15) is 4.98 Å². The maximum Gasteiger partial charge on any atom is 0.325 e. The zero-order valence-electron chi connectivity index (χ0n) is 14.4. The Hall–Kier alpha value is -2.83. The second-order valence-electron chi connectivity index (χ2n) is 6.23. The second kappa shape index (κ2) is 7.38. The van der Waals surface area contributed by atoms with Gasteiger partial charge >= 0.3 is 12.0 Å². The van der Waals surface area contributed by atoms with Crippen LogP contribution in [-0.4, -0.2) is 34.9 Å². The van der Waals surface area contributed by atoms with Gasteiger partial charge in [-0.1, -0.05) is 18.2 Å². The summed E-state index contributed by atoms with van der Waals surface area (Å²) in [5, 5.41) is 5.56. The van der Waals surface area contributed by atoms with E-state index < -0.39 is 0 Å². The number of para-hydroxylation sites is 1. The molecule has 3 rings (SSSR count). The molecular formula is C18H22N4O3. The van der Waals surface area contributed by atoms with E-state index in [4.69, 9.17) is 4.42 Å². The highest BCUT2D eigenvalue weighted by atomic mass is 16.4. The number of carbonyl (C=O) groups is 2. The largest absolute Gasteiger partial charge is 0.428 e. The molecule has 1 fully saturated rings. The van der Waals surface area contributed by atoms with Crippen molar-refractivity contribution in [2.24, 2.45) is 5.92 Å². The minimum absolute atomic E-state index is 0.0634. The molecule has 2 N–H and O–H groups in total. The van der Waals surface area contributed by atoms with Crippen LogP contribution >= 0.6 is 0 Å². The Morgan fingerprint density at radius 2 is 1.96 bits per heavy atom. The van der Waals surface area contributed by atoms with Crippen LogP contribution in [0.15, 0.2) is 34.7 Å². The number of anilines is 2. The number of nitrogens with one attached hydrogen (secondary N) is 2. The Kier molecular flexibility index (Phi) is 5.02. The number of rotatable bonds is 3. The summed E-state index contributed by atoms with van der Waals surface area (Å²) < 4.78 is 5.38. The fourth-order valence-electron chi connectivity index (χ4n) is 2.84. The number of hydrogen-bond acceptors (Lipinski definition) is 4. The Balaban J connectivity index is 1.58. The average Bonchev–Trinajstić information content (AvgIpc) is 2.93. The molecule has 0 saturated carbocycles. The number of urea groups is 1. The van der Waals surface area contributed by atoms with Crippen molar-refractivity contribution < 1.29 is 14.0 Å². The standard InChI is InChI=1S/C18H22N4O3/c1-12-13(2)25-17(19-12)21-18(24)22-10-6-7-14(11-22)16(23)20-15-8-4-3-5-9-15/h3-5,8-9,14H,6-7,10-11H2,1-2H3,(H,20,23)(H,19,21,24)/t14-/m1/s1. The van der Waals surface area contributed by atoms with Gasteiger partial charge in [-0.3, -0.25) is 10.1 Å². The fourth-order valence-corrected chi connectivity index (χ4v) is 2.84. The summed E-state index contributed by atoms with van der Waals surface area (Å²) in [5.41, 5.74) is 1.51. The van der Waals surface area contributed by atoms with Crippen LogP contribution < -0.4 is 10.6 Å². The first-order valence-electron chi connectivity index (χ1n) is 8.39. The van der Waals surface area contributed by atoms with Gasteiger partial charge in [-0.05, 0) is 38.8 Å². The molecule has 3 amide bonds. The van der Waals surface area contributed by atoms with Crippen LogP contribution in [0.4, 0.5) is 16.5 Å². The Morgan fingerprint density at radius 1 is 1.20 bits per heavy atom. The molecule has 2 aromatic rings. The number of hydrogen-bond donors (Lipinski definition) is 2. The van der Waals surface area contributed by atoms with Gasteiger partial charge in [0.25, 0.3) is 0 Å². The van der Waals surface area contributed by atoms with Crippen LogP contribution in [0.3, 0.4) is 0 Å². The van der Waals surface area contributed by atoms with Crippen LogP contribution in [0.1, 0.15) is 24.3 Å². The minimum atomic E-state index is -0.293. The van der Waals surface area contributed by atoms with Crippen LogP contribution in [0, 0.1) is 19.8 Å². The van der Waals surface area contributed by atoms with Crippen molar-refractivity contribution in [1.29, 1.82) is 0 Å². The van der Waals surface area contributed by atoms with E-state index >= 15 is 0 Å². The molecule has 0 aliphatic carbocycles. The Morgan fingerprint density at radius 3 is 2.64 bits per heavy atom. The van der Waals surface area contributed by atoms with Crippen molar-refractivity contribution in [3.63, 3.8) is 0 Å². The highest BCUT2D eigenvalue weighted by Crippen LogP contribution is 2.20. The van der Waals surface area contributed by atoms with Crippen LogP contribution in [0.2, 0.25) is 0 Å². The molecule has 1 atom stereocenters. The lowest BCUT2D eigenvalue weighted by Crippen LogP contribution is -2.45. The molecule has 1 aliphatic rings. The van der Waals surface area contributed by atoms with Crippen molar-refractivity contribution in [3.05, 3.63) is 41.8 Å². The maximum atomic E-state index is 12.4. The van der Waals surface area contributed by atoms with Gasteiger partial charge in [0.15, 0.2) is 0 Å². The van der Waals surface area contributed by atoms with Crippen molar-refractivity contribution >= 4 is 23.6 Å². The van der Waals surface area contributed by atoms with Gasteiger partial charge in [0.2, 0.25) is 5.91 Å². The normalized spacial score (nSPS) is 17.2. The van der Waals surface area contributed by atoms with Crippen molar-refractivity contribution in [3.8, 4) is 0 Å². The predicted molar refractivity (Wildman–Crippen MR) is 94.4 cm³/mol. The number of amides is 3. The van der Waals surface area contributed by atoms with Crippen molar-refractivity contribution in [2.45, 2.75) is 26.7 Å². The van der Waals surface area contributed by atoms with Crippen molar-refractivity contribution in [1.82, 2.24) is 9.88 Å². The third kappa shape index (κ3) is 4.17. The number of oxazole rings is 1. The molecule has 0 unspecified atom stereocenters. The molecule has 1 aromatic carbocycles. The summed E-state index contributed by atoms with van der Waals surface area (Å²) in [7, 11) is 0. The third-order valence-electron chi connectivity index (χ3n) is 4.36. The number of carbonyl (C=O) groups excluding carboxylic acids is 2. The average molecular weight is 342 g/mol. The number of likely N-dealkylation sites (tertiary alicyclic amines) is 1. The second-order valence-corrected chi connectivity index (χ2v) is 6.23. The van der Waals surface area contributed by atoms with E-state index in [1.165, 1.54) is 0 Å². The molecule has 7 heteroatoms. The first kappa shape index (κ1) is 17.0. The highest BCUT2D eigenvalue weighted by Gasteiger charge is 2.29. The van der Waals surface area contributed by atoms with Gasteiger partial charge in [-0.15, -0.1) is 0 Å². The van der Waals surface area contributed by atoms with Crippen LogP contribution in [0.25, 0.3) is 0 Å². The molecule has 0 radical (unpaired) electrons. The number of aryl methyl sites for hydroxylation is 2. The van der Waals surface area contributed by atoms with Crippen molar-refractivity contribution in [2.75, 3.05) is 23.7 Å². The molecule has 1 aromatic heterocycles. The highest BCUT2D eigenvalue weighted by molar-refractivity contribution is 5.93. The maximum absolute atomic E-state index is 12.4. The van der Waals surface area contributed by atoms with Gasteiger partial charge in [0.05, 0.1) is 11.6 Å². The summed E-state index contributed by atoms with van der Waals surface area (Å²) in [6.07, 6.45) is 1.55. The van der Waals surface area contributed by atoms with Crippen LogP contribution in [0.5, 0.6) is 0 Å². The molecule has 0 bridgehead atoms. The minimum Gasteiger partial charge on any atom is -0.428 e. The number of nitrogens with zero attached hydrogens (tertiary/aromatic N) is 2. The quantitative estimate of drug-likeness (QED) is 0.897. The first-order chi connectivity index (χ1) is 12.0. The SMILES string of the molecule is Cc1nc(NC(=O)N2CCC[C@@H](C(=O)Nc3ccccc3)C2)oc1C. The molecule has 0 spiro atoms. The lowest BCUT2D eigenvalue weighted by molar-refractivity contribution is -0.121. The molecule has 2 heterocycles. The number of piperidine rings is 1. The third-order valence-corrected chi connectivity index (χ3v) is 4.36. The lowest BCUT2D eigenvalue weighted by Gasteiger charge is -2.31.